The summed E-state index contributed by atoms with van der Waals surface area (Å²) in [6.45, 7) is 0. The van der Waals surface area contributed by atoms with E-state index >= 15 is 0 Å². The number of nitrogens with zero attached hydrogens (tertiary/aromatic N) is 2. The van der Waals surface area contributed by atoms with Gasteiger partial charge in [0.05, 0.1) is 0 Å². The van der Waals surface area contributed by atoms with Gasteiger partial charge in [0.25, 0.3) is 0 Å². The van der Waals surface area contributed by atoms with E-state index in [0.29, 0.717) is 6.04 Å². The van der Waals surface area contributed by atoms with Crippen LogP contribution in [0.5, 0.6) is 0 Å². The molecule has 0 bridgehead atoms. The summed E-state index contributed by atoms with van der Waals surface area (Å²) in [7, 11) is 0. The van der Waals surface area contributed by atoms with Crippen molar-refractivity contribution in [1.29, 1.82) is 0 Å². The van der Waals surface area contributed by atoms with E-state index in [0.717, 1.165) is 27.6 Å². The Morgan fingerprint density at radius 1 is 1.47 bits per heavy atom. The van der Waals surface area contributed by atoms with E-state index in [1.54, 1.807) is 0 Å². The summed E-state index contributed by atoms with van der Waals surface area (Å²) in [6, 6.07) is 8.41. The van der Waals surface area contributed by atoms with Crippen molar-refractivity contribution in [2.24, 2.45) is 0 Å². The van der Waals surface area contributed by atoms with E-state index < -0.39 is 0 Å². The fourth-order valence-electron chi connectivity index (χ4n) is 2.00. The summed E-state index contributed by atoms with van der Waals surface area (Å²) < 4.78 is 2.86. The van der Waals surface area contributed by atoms with Crippen LogP contribution in [0.15, 0.2) is 24.3 Å². The minimum Gasteiger partial charge on any atom is -0.301 e. The highest BCUT2D eigenvalue weighted by atomic mass is 35.5. The van der Waals surface area contributed by atoms with Crippen LogP contribution in [0.3, 0.4) is 0 Å². The first-order valence-corrected chi connectivity index (χ1v) is 6.43. The predicted molar refractivity (Wildman–Crippen MR) is 69.9 cm³/mol. The summed E-state index contributed by atoms with van der Waals surface area (Å²) in [5.41, 5.74) is 1.16. The lowest BCUT2D eigenvalue weighted by Crippen LogP contribution is -2.02. The maximum Gasteiger partial charge on any atom is 0.195 e. The molecule has 1 aromatic carbocycles. The average Bonchev–Trinajstić information content (AvgIpc) is 3.05. The van der Waals surface area contributed by atoms with Crippen molar-refractivity contribution in [3.8, 4) is 0 Å². The molecule has 1 fully saturated rings. The minimum absolute atomic E-state index is 0.551. The number of hydrogen-bond acceptors (Lipinski definition) is 2. The molecule has 0 unspecified atom stereocenters. The summed E-state index contributed by atoms with van der Waals surface area (Å²) in [5, 5.41) is 7.94. The normalized spacial score (nSPS) is 15.1. The van der Waals surface area contributed by atoms with E-state index in [1.807, 2.05) is 18.2 Å². The number of benzene rings is 1. The van der Waals surface area contributed by atoms with Crippen LogP contribution in [0.1, 0.15) is 30.3 Å². The molecule has 17 heavy (non-hydrogen) atoms. The number of hydrogen-bond donors (Lipinski definition) is 1. The molecule has 3 nitrogen and oxygen atoms in total. The van der Waals surface area contributed by atoms with Gasteiger partial charge in [-0.25, -0.2) is 0 Å². The quantitative estimate of drug-likeness (QED) is 0.862. The fraction of sp³-hybridized carbons (Fsp3) is 0.333. The maximum absolute atomic E-state index is 5.98. The monoisotopic (exact) mass is 265 g/mol. The summed E-state index contributed by atoms with van der Waals surface area (Å²) in [5.74, 6) is 1.000. The van der Waals surface area contributed by atoms with Crippen molar-refractivity contribution >= 4 is 23.8 Å². The molecule has 0 radical (unpaired) electrons. The Kier molecular flexibility index (Phi) is 2.76. The second-order valence-corrected chi connectivity index (χ2v) is 5.18. The van der Waals surface area contributed by atoms with Crippen LogP contribution < -0.4 is 0 Å². The van der Waals surface area contributed by atoms with Crippen molar-refractivity contribution in [3.63, 3.8) is 0 Å². The number of aromatic amines is 1. The molecule has 0 aliphatic heterocycles. The lowest BCUT2D eigenvalue weighted by molar-refractivity contribution is 0.686. The highest BCUT2D eigenvalue weighted by molar-refractivity contribution is 7.71. The summed E-state index contributed by atoms with van der Waals surface area (Å²) in [6.07, 6.45) is 3.18. The van der Waals surface area contributed by atoms with Crippen molar-refractivity contribution in [2.45, 2.75) is 25.3 Å². The number of nitrogens with one attached hydrogen (secondary N) is 1. The Balaban J connectivity index is 1.92. The van der Waals surface area contributed by atoms with Crippen molar-refractivity contribution in [2.75, 3.05) is 0 Å². The summed E-state index contributed by atoms with van der Waals surface area (Å²) >= 11 is 11.2. The Hall–Kier alpha value is -1.13. The highest BCUT2D eigenvalue weighted by Gasteiger charge is 2.27. The van der Waals surface area contributed by atoms with Crippen LogP contribution in [0.25, 0.3) is 0 Å². The lowest BCUT2D eigenvalue weighted by Gasteiger charge is -2.05. The first-order chi connectivity index (χ1) is 8.24. The lowest BCUT2D eigenvalue weighted by atomic mass is 10.1. The number of halogens is 1. The predicted octanol–water partition coefficient (Wildman–Crippen LogP) is 3.52. The van der Waals surface area contributed by atoms with Crippen LogP contribution in [0.4, 0.5) is 0 Å². The van der Waals surface area contributed by atoms with Gasteiger partial charge >= 0.3 is 0 Å². The van der Waals surface area contributed by atoms with Gasteiger partial charge in [0, 0.05) is 17.5 Å². The minimum atomic E-state index is 0.551. The van der Waals surface area contributed by atoms with E-state index in [2.05, 4.69) is 20.8 Å². The Bertz CT molecular complexity index is 598. The maximum atomic E-state index is 5.98. The number of rotatable bonds is 3. The Labute approximate surface area is 109 Å². The second kappa shape index (κ2) is 4.27. The Morgan fingerprint density at radius 2 is 2.29 bits per heavy atom. The third-order valence-electron chi connectivity index (χ3n) is 2.94. The van der Waals surface area contributed by atoms with Gasteiger partial charge in [-0.2, -0.15) is 5.10 Å². The molecule has 3 rings (SSSR count). The molecule has 0 amide bonds. The van der Waals surface area contributed by atoms with E-state index in [9.17, 15) is 0 Å². The first kappa shape index (κ1) is 11.0. The van der Waals surface area contributed by atoms with Crippen molar-refractivity contribution < 1.29 is 0 Å². The van der Waals surface area contributed by atoms with Gasteiger partial charge in [-0.1, -0.05) is 23.7 Å². The van der Waals surface area contributed by atoms with Crippen molar-refractivity contribution in [1.82, 2.24) is 14.8 Å². The van der Waals surface area contributed by atoms with Gasteiger partial charge in [0.15, 0.2) is 4.77 Å². The van der Waals surface area contributed by atoms with E-state index in [1.165, 1.54) is 12.8 Å². The average molecular weight is 266 g/mol. The molecule has 1 aliphatic rings. The first-order valence-electron chi connectivity index (χ1n) is 5.64. The molecule has 1 heterocycles. The van der Waals surface area contributed by atoms with Crippen molar-refractivity contribution in [3.05, 3.63) is 45.4 Å². The summed E-state index contributed by atoms with van der Waals surface area (Å²) in [4.78, 5) is 0. The molecular weight excluding hydrogens is 254 g/mol. The molecule has 0 spiro atoms. The Morgan fingerprint density at radius 3 is 3.00 bits per heavy atom. The third-order valence-corrected chi connectivity index (χ3v) is 3.46. The van der Waals surface area contributed by atoms with Crippen LogP contribution in [-0.2, 0) is 6.42 Å². The largest absolute Gasteiger partial charge is 0.301 e. The SMILES string of the molecule is S=c1[nH]nc(Cc2cccc(Cl)c2)n1C1CC1. The van der Waals surface area contributed by atoms with Crippen LogP contribution in [0.2, 0.25) is 5.02 Å². The molecule has 1 N–H and O–H groups in total. The standard InChI is InChI=1S/C12H12ClN3S/c13-9-3-1-2-8(6-9)7-11-14-15-12(17)16(11)10-4-5-10/h1-3,6,10H,4-5,7H2,(H,15,17). The fourth-order valence-corrected chi connectivity index (χ4v) is 2.51. The molecule has 0 saturated heterocycles. The number of H-pyrrole nitrogens is 1. The molecule has 1 aliphatic carbocycles. The molecule has 2 aromatic rings. The van der Waals surface area contributed by atoms with Crippen LogP contribution in [-0.4, -0.2) is 14.8 Å². The van der Waals surface area contributed by atoms with Gasteiger partial charge in [-0.05, 0) is 42.8 Å². The molecular formula is C12H12ClN3S. The highest BCUT2D eigenvalue weighted by Crippen LogP contribution is 2.36. The van der Waals surface area contributed by atoms with Crippen LogP contribution >= 0.6 is 23.8 Å². The molecule has 1 saturated carbocycles. The van der Waals surface area contributed by atoms with E-state index in [-0.39, 0.29) is 0 Å². The van der Waals surface area contributed by atoms with Gasteiger partial charge in [0.1, 0.15) is 5.82 Å². The zero-order chi connectivity index (χ0) is 11.8. The van der Waals surface area contributed by atoms with E-state index in [4.69, 9.17) is 23.8 Å². The number of aromatic nitrogens is 3. The molecule has 1 aromatic heterocycles. The van der Waals surface area contributed by atoms with Crippen LogP contribution in [0, 0.1) is 4.77 Å². The van der Waals surface area contributed by atoms with Gasteiger partial charge in [0.2, 0.25) is 0 Å². The topological polar surface area (TPSA) is 33.6 Å². The third kappa shape index (κ3) is 2.28. The molecule has 5 heteroatoms. The molecule has 88 valence electrons. The van der Waals surface area contributed by atoms with Gasteiger partial charge < -0.3 is 4.57 Å². The van der Waals surface area contributed by atoms with Gasteiger partial charge in [-0.15, -0.1) is 0 Å². The molecule has 0 atom stereocenters. The second-order valence-electron chi connectivity index (χ2n) is 4.35. The zero-order valence-corrected chi connectivity index (χ0v) is 10.8. The van der Waals surface area contributed by atoms with Gasteiger partial charge in [-0.3, -0.25) is 5.10 Å². The smallest absolute Gasteiger partial charge is 0.195 e. The zero-order valence-electron chi connectivity index (χ0n) is 9.19.